The molecule has 1 amide bonds. The molecule has 3 rings (SSSR count). The fraction of sp³-hybridized carbons (Fsp3) is 0.923. The first-order valence-corrected chi connectivity index (χ1v) is 6.92. The van der Waals surface area contributed by atoms with Gasteiger partial charge in [0.05, 0.1) is 0 Å². The van der Waals surface area contributed by atoms with Crippen molar-refractivity contribution in [1.82, 2.24) is 4.90 Å². The number of rotatable bonds is 7. The minimum Gasteiger partial charge on any atom is -0.368 e. The molecule has 0 aromatic carbocycles. The number of carbonyl (C=O) groups is 1. The topological polar surface area (TPSA) is 72.3 Å². The van der Waals surface area contributed by atoms with Gasteiger partial charge in [-0.3, -0.25) is 9.69 Å². The zero-order valence-electron chi connectivity index (χ0n) is 10.4. The number of carbonyl (C=O) groups excluding carboxylic acids is 1. The smallest absolute Gasteiger partial charge is 0.239 e. The highest BCUT2D eigenvalue weighted by molar-refractivity contribution is 5.85. The van der Waals surface area contributed by atoms with Crippen molar-refractivity contribution in [3.63, 3.8) is 0 Å². The second kappa shape index (κ2) is 3.95. The van der Waals surface area contributed by atoms with E-state index in [1.807, 2.05) is 0 Å². The van der Waals surface area contributed by atoms with Gasteiger partial charge in [0, 0.05) is 19.1 Å². The zero-order chi connectivity index (χ0) is 12.0. The van der Waals surface area contributed by atoms with E-state index in [0.717, 1.165) is 25.3 Å². The van der Waals surface area contributed by atoms with Crippen molar-refractivity contribution in [2.24, 2.45) is 23.3 Å². The van der Waals surface area contributed by atoms with Crippen molar-refractivity contribution in [3.8, 4) is 0 Å². The fourth-order valence-corrected chi connectivity index (χ4v) is 2.76. The van der Waals surface area contributed by atoms with E-state index in [-0.39, 0.29) is 5.91 Å². The summed E-state index contributed by atoms with van der Waals surface area (Å²) in [4.78, 5) is 14.1. The molecule has 1 atom stereocenters. The highest BCUT2D eigenvalue weighted by atomic mass is 16.1. The highest BCUT2D eigenvalue weighted by Gasteiger charge is 2.49. The average molecular weight is 237 g/mol. The molecule has 3 aliphatic carbocycles. The molecule has 0 radical (unpaired) electrons. The maximum Gasteiger partial charge on any atom is 0.239 e. The molecule has 96 valence electrons. The molecule has 3 saturated carbocycles. The van der Waals surface area contributed by atoms with Gasteiger partial charge in [0.25, 0.3) is 0 Å². The molecule has 4 heteroatoms. The largest absolute Gasteiger partial charge is 0.368 e. The molecule has 4 N–H and O–H groups in total. The van der Waals surface area contributed by atoms with Crippen LogP contribution in [-0.4, -0.2) is 35.5 Å². The van der Waals surface area contributed by atoms with Crippen LogP contribution in [0.25, 0.3) is 0 Å². The summed E-state index contributed by atoms with van der Waals surface area (Å²) in [6, 6.07) is 0.677. The Balaban J connectivity index is 1.66. The summed E-state index contributed by atoms with van der Waals surface area (Å²) < 4.78 is 0. The van der Waals surface area contributed by atoms with Crippen molar-refractivity contribution in [3.05, 3.63) is 0 Å². The molecule has 0 saturated heterocycles. The Morgan fingerprint density at radius 3 is 2.24 bits per heavy atom. The van der Waals surface area contributed by atoms with Crippen LogP contribution in [-0.2, 0) is 4.79 Å². The maximum absolute atomic E-state index is 11.7. The van der Waals surface area contributed by atoms with Gasteiger partial charge in [-0.15, -0.1) is 0 Å². The quantitative estimate of drug-likeness (QED) is 0.675. The van der Waals surface area contributed by atoms with Crippen LogP contribution in [0.2, 0.25) is 0 Å². The lowest BCUT2D eigenvalue weighted by Gasteiger charge is -2.33. The highest BCUT2D eigenvalue weighted by Crippen LogP contribution is 2.41. The van der Waals surface area contributed by atoms with Crippen LogP contribution in [0.15, 0.2) is 0 Å². The van der Waals surface area contributed by atoms with Gasteiger partial charge in [-0.05, 0) is 50.4 Å². The zero-order valence-corrected chi connectivity index (χ0v) is 10.4. The minimum absolute atomic E-state index is 0.304. The van der Waals surface area contributed by atoms with Crippen LogP contribution in [0.4, 0.5) is 0 Å². The normalized spacial score (nSPS) is 28.1. The van der Waals surface area contributed by atoms with E-state index in [1.165, 1.54) is 25.7 Å². The lowest BCUT2D eigenvalue weighted by atomic mass is 9.92. The van der Waals surface area contributed by atoms with E-state index in [4.69, 9.17) is 11.5 Å². The van der Waals surface area contributed by atoms with Crippen LogP contribution >= 0.6 is 0 Å². The lowest BCUT2D eigenvalue weighted by molar-refractivity contribution is -0.124. The predicted molar refractivity (Wildman–Crippen MR) is 66.2 cm³/mol. The second-order valence-electron chi connectivity index (χ2n) is 6.28. The van der Waals surface area contributed by atoms with Gasteiger partial charge >= 0.3 is 0 Å². The molecule has 0 spiro atoms. The monoisotopic (exact) mass is 237 g/mol. The summed E-state index contributed by atoms with van der Waals surface area (Å²) in [5.74, 6) is 0.883. The van der Waals surface area contributed by atoms with Crippen LogP contribution in [0, 0.1) is 11.8 Å². The number of nitrogens with zero attached hydrogens (tertiary/aromatic N) is 1. The fourth-order valence-electron chi connectivity index (χ4n) is 2.76. The van der Waals surface area contributed by atoms with Gasteiger partial charge < -0.3 is 11.5 Å². The molecule has 0 aliphatic heterocycles. The van der Waals surface area contributed by atoms with Crippen LogP contribution in [0.5, 0.6) is 0 Å². The van der Waals surface area contributed by atoms with Crippen LogP contribution in [0.1, 0.15) is 38.5 Å². The van der Waals surface area contributed by atoms with Crippen LogP contribution < -0.4 is 11.5 Å². The number of hydrogen-bond acceptors (Lipinski definition) is 3. The van der Waals surface area contributed by atoms with E-state index >= 15 is 0 Å². The third-order valence-corrected chi connectivity index (χ3v) is 4.48. The van der Waals surface area contributed by atoms with Gasteiger partial charge in [-0.1, -0.05) is 0 Å². The van der Waals surface area contributed by atoms with E-state index < -0.39 is 5.54 Å². The van der Waals surface area contributed by atoms with Crippen molar-refractivity contribution >= 4 is 5.91 Å². The van der Waals surface area contributed by atoms with E-state index in [2.05, 4.69) is 4.90 Å². The molecule has 0 aromatic heterocycles. The second-order valence-corrected chi connectivity index (χ2v) is 6.28. The summed E-state index contributed by atoms with van der Waals surface area (Å²) in [6.07, 6.45) is 7.38. The summed E-state index contributed by atoms with van der Waals surface area (Å²) in [6.45, 7) is 1.82. The third-order valence-electron chi connectivity index (χ3n) is 4.48. The number of hydrogen-bond donors (Lipinski definition) is 2. The first-order chi connectivity index (χ1) is 8.09. The van der Waals surface area contributed by atoms with Gasteiger partial charge in [-0.2, -0.15) is 0 Å². The Morgan fingerprint density at radius 1 is 1.18 bits per heavy atom. The van der Waals surface area contributed by atoms with E-state index in [1.54, 1.807) is 0 Å². The summed E-state index contributed by atoms with van der Waals surface area (Å²) in [5.41, 5.74) is 11.1. The number of amides is 1. The maximum atomic E-state index is 11.7. The van der Waals surface area contributed by atoms with Crippen molar-refractivity contribution < 1.29 is 4.79 Å². The van der Waals surface area contributed by atoms with Gasteiger partial charge in [0.15, 0.2) is 0 Å². The van der Waals surface area contributed by atoms with Crippen molar-refractivity contribution in [1.29, 1.82) is 0 Å². The molecule has 0 bridgehead atoms. The Morgan fingerprint density at radius 2 is 1.82 bits per heavy atom. The standard InChI is InChI=1S/C13H23N3O/c14-12(17)13(15,10-3-4-10)8-16(11-5-6-11)7-9-1-2-9/h9-11H,1-8,15H2,(H2,14,17). The molecule has 0 heterocycles. The van der Waals surface area contributed by atoms with Gasteiger partial charge in [0.1, 0.15) is 5.54 Å². The third kappa shape index (κ3) is 2.47. The predicted octanol–water partition coefficient (Wildman–Crippen LogP) is 0.454. The minimum atomic E-state index is -0.766. The van der Waals surface area contributed by atoms with Crippen LogP contribution in [0.3, 0.4) is 0 Å². The molecule has 0 aromatic rings. The number of nitrogens with two attached hydrogens (primary N) is 2. The molecular formula is C13H23N3O. The van der Waals surface area contributed by atoms with E-state index in [0.29, 0.717) is 18.5 Å². The molecule has 3 aliphatic rings. The van der Waals surface area contributed by atoms with Crippen molar-refractivity contribution in [2.45, 2.75) is 50.1 Å². The first-order valence-electron chi connectivity index (χ1n) is 6.92. The van der Waals surface area contributed by atoms with Gasteiger partial charge in [0.2, 0.25) is 5.91 Å². The Bertz CT molecular complexity index is 321. The number of primary amides is 1. The molecule has 17 heavy (non-hydrogen) atoms. The molecule has 3 fully saturated rings. The van der Waals surface area contributed by atoms with Crippen molar-refractivity contribution in [2.75, 3.05) is 13.1 Å². The Hall–Kier alpha value is -0.610. The molecular weight excluding hydrogens is 214 g/mol. The molecule has 4 nitrogen and oxygen atoms in total. The average Bonchev–Trinajstić information content (AvgIpc) is 3.15. The lowest BCUT2D eigenvalue weighted by Crippen LogP contribution is -2.61. The van der Waals surface area contributed by atoms with E-state index in [9.17, 15) is 4.79 Å². The summed E-state index contributed by atoms with van der Waals surface area (Å²) >= 11 is 0. The first kappa shape index (κ1) is 11.5. The SMILES string of the molecule is NC(=O)C(N)(CN(CC1CC1)C1CC1)C1CC1. The Labute approximate surface area is 103 Å². The summed E-state index contributed by atoms with van der Waals surface area (Å²) in [5, 5.41) is 0. The summed E-state index contributed by atoms with van der Waals surface area (Å²) in [7, 11) is 0. The van der Waals surface area contributed by atoms with Gasteiger partial charge in [-0.25, -0.2) is 0 Å². The Kier molecular flexibility index (Phi) is 2.67. The molecule has 1 unspecified atom stereocenters.